The van der Waals surface area contributed by atoms with Gasteiger partial charge in [0.2, 0.25) is 0 Å². The summed E-state index contributed by atoms with van der Waals surface area (Å²) in [5.74, 6) is 0.732. The standard InChI is InChI=1S/C24H33N5O/c1-17-18(2)29(19-9-5-4-6-10-19)24(20(17)15-25)26-23(30)16-28-14-8-12-22(28)21-11-7-13-27(21)3/h7,11,13,19,22H,4-6,8-10,12,14,16H2,1-3H3,(H,26,30)/p+1/t22-/m0/s1. The van der Waals surface area contributed by atoms with Gasteiger partial charge in [-0.2, -0.15) is 5.26 Å². The summed E-state index contributed by atoms with van der Waals surface area (Å²) in [4.78, 5) is 14.4. The molecule has 2 atom stereocenters. The molecule has 1 amide bonds. The van der Waals surface area contributed by atoms with E-state index in [0.29, 0.717) is 24.2 Å². The van der Waals surface area contributed by atoms with Crippen LogP contribution < -0.4 is 10.2 Å². The summed E-state index contributed by atoms with van der Waals surface area (Å²) in [7, 11) is 2.08. The third-order valence-corrected chi connectivity index (χ3v) is 7.28. The van der Waals surface area contributed by atoms with Crippen molar-refractivity contribution < 1.29 is 9.69 Å². The van der Waals surface area contributed by atoms with Crippen LogP contribution in [0, 0.1) is 25.2 Å². The Balaban J connectivity index is 1.55. The highest BCUT2D eigenvalue weighted by Gasteiger charge is 2.34. The Labute approximate surface area is 179 Å². The van der Waals surface area contributed by atoms with E-state index in [1.807, 2.05) is 6.92 Å². The van der Waals surface area contributed by atoms with E-state index < -0.39 is 0 Å². The molecule has 2 fully saturated rings. The molecule has 6 nitrogen and oxygen atoms in total. The van der Waals surface area contributed by atoms with Crippen molar-refractivity contribution in [3.8, 4) is 6.07 Å². The summed E-state index contributed by atoms with van der Waals surface area (Å²) in [6.07, 6.45) is 10.3. The first kappa shape index (κ1) is 20.7. The van der Waals surface area contributed by atoms with E-state index in [1.165, 1.54) is 29.9 Å². The van der Waals surface area contributed by atoms with Crippen LogP contribution in [0.4, 0.5) is 5.82 Å². The average Bonchev–Trinajstić information content (AvgIpc) is 3.42. The summed E-state index contributed by atoms with van der Waals surface area (Å²) in [5, 5.41) is 13.0. The van der Waals surface area contributed by atoms with E-state index in [0.717, 1.165) is 49.3 Å². The molecule has 0 aromatic carbocycles. The molecule has 2 aromatic rings. The fraction of sp³-hybridized carbons (Fsp3) is 0.583. The highest BCUT2D eigenvalue weighted by molar-refractivity contribution is 5.92. The second-order valence-corrected chi connectivity index (χ2v) is 9.08. The smallest absolute Gasteiger partial charge is 0.280 e. The molecule has 0 radical (unpaired) electrons. The lowest BCUT2D eigenvalue weighted by atomic mass is 9.95. The highest BCUT2D eigenvalue weighted by atomic mass is 16.2. The zero-order chi connectivity index (χ0) is 21.3. The monoisotopic (exact) mass is 408 g/mol. The molecule has 4 rings (SSSR count). The molecule has 160 valence electrons. The maximum Gasteiger partial charge on any atom is 0.280 e. The van der Waals surface area contributed by atoms with Crippen molar-refractivity contribution in [3.63, 3.8) is 0 Å². The molecular formula is C24H34N5O+. The average molecular weight is 409 g/mol. The molecule has 3 heterocycles. The van der Waals surface area contributed by atoms with E-state index in [4.69, 9.17) is 0 Å². The van der Waals surface area contributed by atoms with Crippen LogP contribution in [0.15, 0.2) is 18.3 Å². The van der Waals surface area contributed by atoms with Gasteiger partial charge in [-0.05, 0) is 44.4 Å². The van der Waals surface area contributed by atoms with Crippen LogP contribution >= 0.6 is 0 Å². The number of rotatable bonds is 5. The van der Waals surface area contributed by atoms with Crippen molar-refractivity contribution in [1.82, 2.24) is 9.13 Å². The molecule has 1 saturated carbocycles. The number of aromatic nitrogens is 2. The SMILES string of the molecule is Cc1c(C#N)c(NC(=O)C[NH+]2CCC[C@H]2c2cccn2C)n(C2CCCCC2)c1C. The number of likely N-dealkylation sites (tertiary alicyclic amines) is 1. The topological polar surface area (TPSA) is 67.2 Å². The first-order chi connectivity index (χ1) is 14.5. The van der Waals surface area contributed by atoms with Crippen LogP contribution in [0.2, 0.25) is 0 Å². The van der Waals surface area contributed by atoms with Gasteiger partial charge < -0.3 is 19.4 Å². The Bertz CT molecular complexity index is 957. The predicted molar refractivity (Wildman–Crippen MR) is 117 cm³/mol. The Hall–Kier alpha value is -2.52. The Morgan fingerprint density at radius 1 is 1.23 bits per heavy atom. The van der Waals surface area contributed by atoms with Gasteiger partial charge in [-0.1, -0.05) is 19.3 Å². The van der Waals surface area contributed by atoms with Gasteiger partial charge in [-0.15, -0.1) is 0 Å². The number of hydrogen-bond donors (Lipinski definition) is 2. The number of quaternary nitrogens is 1. The number of anilines is 1. The van der Waals surface area contributed by atoms with E-state index in [2.05, 4.69) is 52.8 Å². The van der Waals surface area contributed by atoms with Crippen LogP contribution in [0.3, 0.4) is 0 Å². The molecular weight excluding hydrogens is 374 g/mol. The number of aryl methyl sites for hydroxylation is 1. The summed E-state index contributed by atoms with van der Waals surface area (Å²) in [5.41, 5.74) is 4.03. The van der Waals surface area contributed by atoms with Crippen LogP contribution in [-0.4, -0.2) is 28.1 Å². The van der Waals surface area contributed by atoms with E-state index in [-0.39, 0.29) is 5.91 Å². The molecule has 0 spiro atoms. The second-order valence-electron chi connectivity index (χ2n) is 9.08. The van der Waals surface area contributed by atoms with Crippen molar-refractivity contribution in [3.05, 3.63) is 40.8 Å². The minimum Gasteiger partial charge on any atom is -0.350 e. The van der Waals surface area contributed by atoms with Crippen molar-refractivity contribution in [2.24, 2.45) is 7.05 Å². The van der Waals surface area contributed by atoms with Gasteiger partial charge in [0, 0.05) is 37.8 Å². The molecule has 1 aliphatic heterocycles. The Morgan fingerprint density at radius 2 is 2.00 bits per heavy atom. The number of nitrogens with zero attached hydrogens (tertiary/aromatic N) is 3. The molecule has 0 bridgehead atoms. The van der Waals surface area contributed by atoms with E-state index in [9.17, 15) is 10.1 Å². The Morgan fingerprint density at radius 3 is 2.67 bits per heavy atom. The number of nitriles is 1. The highest BCUT2D eigenvalue weighted by Crippen LogP contribution is 2.36. The van der Waals surface area contributed by atoms with E-state index >= 15 is 0 Å². The van der Waals surface area contributed by atoms with Crippen molar-refractivity contribution in [1.29, 1.82) is 5.26 Å². The molecule has 2 aliphatic rings. The zero-order valence-electron chi connectivity index (χ0n) is 18.5. The summed E-state index contributed by atoms with van der Waals surface area (Å²) < 4.78 is 4.42. The van der Waals surface area contributed by atoms with Crippen LogP contribution in [0.25, 0.3) is 0 Å². The fourth-order valence-corrected chi connectivity index (χ4v) is 5.58. The fourth-order valence-electron chi connectivity index (χ4n) is 5.58. The van der Waals surface area contributed by atoms with Crippen molar-refractivity contribution in [2.75, 3.05) is 18.4 Å². The molecule has 1 unspecified atom stereocenters. The first-order valence-electron chi connectivity index (χ1n) is 11.4. The molecule has 2 N–H and O–H groups in total. The largest absolute Gasteiger partial charge is 0.350 e. The summed E-state index contributed by atoms with van der Waals surface area (Å²) >= 11 is 0. The maximum absolute atomic E-state index is 13.1. The van der Waals surface area contributed by atoms with Crippen LogP contribution in [0.1, 0.15) is 79.5 Å². The van der Waals surface area contributed by atoms with Gasteiger partial charge >= 0.3 is 0 Å². The van der Waals surface area contributed by atoms with Crippen molar-refractivity contribution >= 4 is 11.7 Å². The number of hydrogen-bond acceptors (Lipinski definition) is 2. The van der Waals surface area contributed by atoms with Gasteiger partial charge in [0.15, 0.2) is 6.54 Å². The number of nitrogens with one attached hydrogen (secondary N) is 2. The summed E-state index contributed by atoms with van der Waals surface area (Å²) in [6, 6.07) is 7.34. The number of carbonyl (C=O) groups excluding carboxylic acids is 1. The second kappa shape index (κ2) is 8.69. The van der Waals surface area contributed by atoms with Gasteiger partial charge in [-0.3, -0.25) is 4.79 Å². The van der Waals surface area contributed by atoms with Gasteiger partial charge in [0.25, 0.3) is 5.91 Å². The lowest BCUT2D eigenvalue weighted by Crippen LogP contribution is -3.11. The molecule has 1 saturated heterocycles. The normalized spacial score (nSPS) is 22.2. The number of amides is 1. The van der Waals surface area contributed by atoms with Crippen molar-refractivity contribution in [2.45, 2.75) is 70.9 Å². The number of carbonyl (C=O) groups is 1. The van der Waals surface area contributed by atoms with Gasteiger partial charge in [0.1, 0.15) is 17.9 Å². The Kier molecular flexibility index (Phi) is 6.01. The summed E-state index contributed by atoms with van der Waals surface area (Å²) in [6.45, 7) is 5.53. The van der Waals surface area contributed by atoms with Gasteiger partial charge in [0.05, 0.1) is 17.8 Å². The zero-order valence-corrected chi connectivity index (χ0v) is 18.5. The predicted octanol–water partition coefficient (Wildman–Crippen LogP) is 3.18. The third-order valence-electron chi connectivity index (χ3n) is 7.28. The van der Waals surface area contributed by atoms with E-state index in [1.54, 1.807) is 0 Å². The quantitative estimate of drug-likeness (QED) is 0.798. The lowest BCUT2D eigenvalue weighted by molar-refractivity contribution is -0.910. The van der Waals surface area contributed by atoms with Crippen LogP contribution in [0.5, 0.6) is 0 Å². The first-order valence-corrected chi connectivity index (χ1v) is 11.4. The maximum atomic E-state index is 13.1. The lowest BCUT2D eigenvalue weighted by Gasteiger charge is -2.27. The van der Waals surface area contributed by atoms with Crippen LogP contribution in [-0.2, 0) is 11.8 Å². The minimum atomic E-state index is 0.0113. The molecule has 1 aliphatic carbocycles. The molecule has 30 heavy (non-hydrogen) atoms. The minimum absolute atomic E-state index is 0.0113. The molecule has 2 aromatic heterocycles. The molecule has 6 heteroatoms. The third kappa shape index (κ3) is 3.79. The van der Waals surface area contributed by atoms with Gasteiger partial charge in [-0.25, -0.2) is 0 Å².